The Morgan fingerprint density at radius 2 is 1.94 bits per heavy atom. The number of para-hydroxylation sites is 1. The Hall–Kier alpha value is -3.04. The van der Waals surface area contributed by atoms with Gasteiger partial charge in [-0.3, -0.25) is 9.89 Å². The highest BCUT2D eigenvalue weighted by atomic mass is 19.4. The fourth-order valence-electron chi connectivity index (χ4n) is 3.59. The number of aromatic amines is 1. The van der Waals surface area contributed by atoms with Crippen molar-refractivity contribution in [1.29, 1.82) is 0 Å². The maximum Gasteiger partial charge on any atom is 0.418 e. The quantitative estimate of drug-likeness (QED) is 0.506. The van der Waals surface area contributed by atoms with Crippen LogP contribution in [0, 0.1) is 0 Å². The number of ether oxygens (including phenoxy) is 1. The van der Waals surface area contributed by atoms with Crippen molar-refractivity contribution in [2.24, 2.45) is 4.99 Å². The number of hydrogen-bond donors (Lipinski definition) is 3. The van der Waals surface area contributed by atoms with Crippen LogP contribution in [0.2, 0.25) is 0 Å². The van der Waals surface area contributed by atoms with Gasteiger partial charge in [-0.25, -0.2) is 0 Å². The Morgan fingerprint density at radius 1 is 1.16 bits per heavy atom. The average molecular weight is 432 g/mol. The van der Waals surface area contributed by atoms with Crippen LogP contribution in [-0.2, 0) is 10.9 Å². The average Bonchev–Trinajstić information content (AvgIpc) is 3.08. The van der Waals surface area contributed by atoms with E-state index < -0.39 is 11.7 Å². The summed E-state index contributed by atoms with van der Waals surface area (Å²) in [7, 11) is 0. The molecule has 0 spiro atoms. The van der Waals surface area contributed by atoms with Crippen molar-refractivity contribution < 1.29 is 23.0 Å². The van der Waals surface area contributed by atoms with E-state index >= 15 is 0 Å². The number of halogens is 3. The zero-order valence-electron chi connectivity index (χ0n) is 16.7. The van der Waals surface area contributed by atoms with Crippen LogP contribution in [0.15, 0.2) is 47.5 Å². The number of fused-ring (bicyclic) bond motifs is 1. The van der Waals surface area contributed by atoms with Crippen LogP contribution in [0.25, 0.3) is 10.9 Å². The van der Waals surface area contributed by atoms with Crippen LogP contribution in [0.3, 0.4) is 0 Å². The molecule has 3 aromatic rings. The van der Waals surface area contributed by atoms with Crippen LogP contribution in [0.4, 0.5) is 24.5 Å². The Labute approximate surface area is 177 Å². The van der Waals surface area contributed by atoms with Crippen molar-refractivity contribution in [3.63, 3.8) is 0 Å². The highest BCUT2D eigenvalue weighted by molar-refractivity contribution is 6.02. The minimum atomic E-state index is -4.52. The third kappa shape index (κ3) is 5.00. The first-order valence-electron chi connectivity index (χ1n) is 10.0. The fraction of sp³-hybridized carbons (Fsp3) is 0.318. The molecule has 0 saturated carbocycles. The molecule has 1 fully saturated rings. The van der Waals surface area contributed by atoms with Gasteiger partial charge in [-0.2, -0.15) is 13.2 Å². The highest BCUT2D eigenvalue weighted by Gasteiger charge is 2.33. The zero-order valence-corrected chi connectivity index (χ0v) is 16.7. The number of aromatic nitrogens is 1. The summed E-state index contributed by atoms with van der Waals surface area (Å²) in [6, 6.07) is 11.2. The van der Waals surface area contributed by atoms with Gasteiger partial charge in [0.2, 0.25) is 0 Å². The van der Waals surface area contributed by atoms with E-state index in [4.69, 9.17) is 4.74 Å². The minimum Gasteiger partial charge on any atom is -0.494 e. The second-order valence-electron chi connectivity index (χ2n) is 7.30. The number of anilines is 1. The van der Waals surface area contributed by atoms with Gasteiger partial charge >= 0.3 is 6.18 Å². The lowest BCUT2D eigenvalue weighted by Crippen LogP contribution is -2.39. The SMILES string of the molecule is Oc1[nH]c2ccccc2c1C=Nc1ccc(NCCN2CCOCC2)c(C(F)(F)F)c1. The first-order valence-corrected chi connectivity index (χ1v) is 10.0. The standard InChI is InChI=1S/C22H23F3N4O2/c23-22(24,25)18-13-15(5-6-20(18)26-7-8-29-9-11-31-12-10-29)27-14-17-16-3-1-2-4-19(16)28-21(17)30/h1-6,13-14,26,28,30H,7-12H2. The zero-order chi connectivity index (χ0) is 21.8. The molecule has 9 heteroatoms. The number of nitrogens with zero attached hydrogens (tertiary/aromatic N) is 2. The number of H-pyrrole nitrogens is 1. The van der Waals surface area contributed by atoms with Crippen molar-refractivity contribution in [3.8, 4) is 5.88 Å². The molecule has 164 valence electrons. The maximum absolute atomic E-state index is 13.6. The van der Waals surface area contributed by atoms with E-state index in [2.05, 4.69) is 20.2 Å². The van der Waals surface area contributed by atoms with E-state index in [1.165, 1.54) is 18.3 Å². The molecule has 2 aromatic carbocycles. The van der Waals surface area contributed by atoms with Gasteiger partial charge < -0.3 is 20.1 Å². The number of aliphatic imine (C=N–C) groups is 1. The van der Waals surface area contributed by atoms with Gasteiger partial charge in [0, 0.05) is 49.0 Å². The van der Waals surface area contributed by atoms with Gasteiger partial charge in [0.05, 0.1) is 30.0 Å². The summed E-state index contributed by atoms with van der Waals surface area (Å²) >= 11 is 0. The van der Waals surface area contributed by atoms with Crippen molar-refractivity contribution in [1.82, 2.24) is 9.88 Å². The first kappa shape index (κ1) is 21.2. The molecule has 0 aliphatic carbocycles. The molecule has 4 rings (SSSR count). The van der Waals surface area contributed by atoms with Gasteiger partial charge in [0.25, 0.3) is 0 Å². The van der Waals surface area contributed by atoms with Crippen molar-refractivity contribution in [2.75, 3.05) is 44.7 Å². The summed E-state index contributed by atoms with van der Waals surface area (Å²) in [5, 5.41) is 13.7. The lowest BCUT2D eigenvalue weighted by molar-refractivity contribution is -0.136. The van der Waals surface area contributed by atoms with Crippen molar-refractivity contribution in [2.45, 2.75) is 6.18 Å². The lowest BCUT2D eigenvalue weighted by Gasteiger charge is -2.27. The molecule has 0 atom stereocenters. The molecule has 1 aliphatic heterocycles. The molecule has 2 heterocycles. The molecule has 1 aromatic heterocycles. The van der Waals surface area contributed by atoms with E-state index in [1.807, 2.05) is 12.1 Å². The molecule has 3 N–H and O–H groups in total. The highest BCUT2D eigenvalue weighted by Crippen LogP contribution is 2.37. The second kappa shape index (κ2) is 8.99. The predicted octanol–water partition coefficient (Wildman–Crippen LogP) is 4.39. The van der Waals surface area contributed by atoms with E-state index in [0.29, 0.717) is 31.9 Å². The molecule has 0 amide bonds. The van der Waals surface area contributed by atoms with Gasteiger partial charge in [-0.1, -0.05) is 18.2 Å². The lowest BCUT2D eigenvalue weighted by atomic mass is 10.1. The molecule has 0 radical (unpaired) electrons. The first-order chi connectivity index (χ1) is 14.9. The Morgan fingerprint density at radius 3 is 2.71 bits per heavy atom. The molecule has 6 nitrogen and oxygen atoms in total. The summed E-state index contributed by atoms with van der Waals surface area (Å²) in [4.78, 5) is 9.14. The maximum atomic E-state index is 13.6. The molecular weight excluding hydrogens is 409 g/mol. The van der Waals surface area contributed by atoms with Crippen molar-refractivity contribution >= 4 is 28.5 Å². The van der Waals surface area contributed by atoms with Gasteiger partial charge in [0.15, 0.2) is 5.88 Å². The molecule has 1 aliphatic rings. The topological polar surface area (TPSA) is 72.9 Å². The van der Waals surface area contributed by atoms with Crippen molar-refractivity contribution in [3.05, 3.63) is 53.6 Å². The number of benzene rings is 2. The molecule has 0 unspecified atom stereocenters. The normalized spacial score (nSPS) is 15.7. The van der Waals surface area contributed by atoms with E-state index in [9.17, 15) is 18.3 Å². The minimum absolute atomic E-state index is 0.0228. The summed E-state index contributed by atoms with van der Waals surface area (Å²) in [6.07, 6.45) is -3.15. The van der Waals surface area contributed by atoms with Crippen LogP contribution >= 0.6 is 0 Å². The van der Waals surface area contributed by atoms with E-state index in [-0.39, 0.29) is 17.3 Å². The smallest absolute Gasteiger partial charge is 0.418 e. The Kier molecular flexibility index (Phi) is 6.15. The van der Waals surface area contributed by atoms with Gasteiger partial charge in [0.1, 0.15) is 0 Å². The Bertz CT molecular complexity index is 1070. The molecule has 31 heavy (non-hydrogen) atoms. The van der Waals surface area contributed by atoms with E-state index in [0.717, 1.165) is 30.1 Å². The largest absolute Gasteiger partial charge is 0.494 e. The van der Waals surface area contributed by atoms with Crippen LogP contribution < -0.4 is 5.32 Å². The molecular formula is C22H23F3N4O2. The third-order valence-corrected chi connectivity index (χ3v) is 5.22. The van der Waals surface area contributed by atoms with E-state index in [1.54, 1.807) is 12.1 Å². The summed E-state index contributed by atoms with van der Waals surface area (Å²) < 4.78 is 46.2. The second-order valence-corrected chi connectivity index (χ2v) is 7.30. The molecule has 1 saturated heterocycles. The summed E-state index contributed by atoms with van der Waals surface area (Å²) in [5.74, 6) is -0.0811. The number of rotatable bonds is 6. The summed E-state index contributed by atoms with van der Waals surface area (Å²) in [5.41, 5.74) is 0.548. The number of morpholine rings is 1. The van der Waals surface area contributed by atoms with Gasteiger partial charge in [-0.05, 0) is 24.3 Å². The predicted molar refractivity (Wildman–Crippen MR) is 114 cm³/mol. The summed E-state index contributed by atoms with van der Waals surface area (Å²) in [6.45, 7) is 3.89. The monoisotopic (exact) mass is 432 g/mol. The number of nitrogens with one attached hydrogen (secondary N) is 2. The van der Waals surface area contributed by atoms with Gasteiger partial charge in [-0.15, -0.1) is 0 Å². The number of hydrogen-bond acceptors (Lipinski definition) is 5. The Balaban J connectivity index is 1.52. The number of alkyl halides is 3. The number of aromatic hydroxyl groups is 1. The van der Waals surface area contributed by atoms with Crippen LogP contribution in [0.1, 0.15) is 11.1 Å². The fourth-order valence-corrected chi connectivity index (χ4v) is 3.59. The third-order valence-electron chi connectivity index (χ3n) is 5.22. The van der Waals surface area contributed by atoms with Crippen LogP contribution in [0.5, 0.6) is 5.88 Å². The van der Waals surface area contributed by atoms with Crippen LogP contribution in [-0.4, -0.2) is 60.6 Å². The molecule has 0 bridgehead atoms.